The van der Waals surface area contributed by atoms with Crippen molar-refractivity contribution in [1.82, 2.24) is 0 Å². The summed E-state index contributed by atoms with van der Waals surface area (Å²) in [5.41, 5.74) is 0. The van der Waals surface area contributed by atoms with Gasteiger partial charge in [-0.05, 0) is 102 Å². The van der Waals surface area contributed by atoms with Gasteiger partial charge in [-0.25, -0.2) is 4.79 Å². The monoisotopic (exact) mass is 666 g/mol. The molecule has 0 aliphatic rings. The molecule has 0 amide bonds. The predicted octanol–water partition coefficient (Wildman–Crippen LogP) is 12.6. The van der Waals surface area contributed by atoms with Crippen LogP contribution in [0.2, 0.25) is 0 Å². The third-order valence-corrected chi connectivity index (χ3v) is 11.4. The first-order valence-corrected chi connectivity index (χ1v) is 19.5. The summed E-state index contributed by atoms with van der Waals surface area (Å²) in [5, 5.41) is 10.1. The molecule has 3 rings (SSSR count). The number of benzene rings is 3. The van der Waals surface area contributed by atoms with Crippen molar-refractivity contribution in [1.29, 1.82) is 0 Å². The Morgan fingerprint density at radius 1 is 0.468 bits per heavy atom. The summed E-state index contributed by atoms with van der Waals surface area (Å²) in [4.78, 5) is 14.7. The first-order chi connectivity index (χ1) is 23.0. The molecule has 0 unspecified atom stereocenters. The summed E-state index contributed by atoms with van der Waals surface area (Å²) < 4.78 is 24.1. The van der Waals surface area contributed by atoms with Crippen LogP contribution in [0.5, 0.6) is 17.2 Å². The maximum atomic E-state index is 12.4. The summed E-state index contributed by atoms with van der Waals surface area (Å²) >= 11 is 0. The number of rotatable bonds is 25. The Bertz CT molecular complexity index is 1100. The summed E-state index contributed by atoms with van der Waals surface area (Å²) in [6, 6.07) is 23.1. The van der Waals surface area contributed by atoms with Crippen LogP contribution < -0.4 is 14.2 Å². The minimum atomic E-state index is -2.65. The lowest BCUT2D eigenvalue weighted by molar-refractivity contribution is 0.150. The molecule has 7 heteroatoms. The van der Waals surface area contributed by atoms with Gasteiger partial charge < -0.3 is 23.5 Å². The van der Waals surface area contributed by atoms with Crippen molar-refractivity contribution in [2.24, 2.45) is 0 Å². The molecular weight excluding hydrogens is 609 g/mol. The Kier molecular flexibility index (Phi) is 18.1. The summed E-state index contributed by atoms with van der Waals surface area (Å²) in [5.74, 6) is 2.29. The van der Waals surface area contributed by atoms with Crippen LogP contribution in [-0.4, -0.2) is 31.1 Å². The van der Waals surface area contributed by atoms with Crippen molar-refractivity contribution < 1.29 is 28.3 Å². The molecule has 0 radical (unpaired) electrons. The Balaban J connectivity index is 1.86. The summed E-state index contributed by atoms with van der Waals surface area (Å²) in [6.07, 6.45) is 16.3. The van der Waals surface area contributed by atoms with Crippen LogP contribution in [0, 0.1) is 0 Å². The smallest absolute Gasteiger partial charge is 0.494 e. The topological polar surface area (TPSA) is 74.2 Å². The largest absolute Gasteiger partial charge is 0.517 e. The van der Waals surface area contributed by atoms with E-state index in [1.165, 1.54) is 57.8 Å². The molecule has 3 aromatic rings. The molecule has 47 heavy (non-hydrogen) atoms. The maximum absolute atomic E-state index is 12.4. The highest BCUT2D eigenvalue weighted by atomic mass is 32.3. The van der Waals surface area contributed by atoms with Crippen molar-refractivity contribution in [2.45, 2.75) is 132 Å². The lowest BCUT2D eigenvalue weighted by Gasteiger charge is -2.38. The highest BCUT2D eigenvalue weighted by Crippen LogP contribution is 2.69. The van der Waals surface area contributed by atoms with Gasteiger partial charge in [-0.3, -0.25) is 0 Å². The standard InChI is InChI=1S/C40H58O6S/c1-4-7-10-13-16-31-43-34-19-25-37(26-20-34)47(46-40(41)42,38-27-21-35(22-28-38)44-32-17-14-11-8-5-2)39-29-23-36(24-30-39)45-33-18-15-12-9-6-3/h19-30H,4-18,31-33H2,1-3H3,(H,41,42). The first-order valence-electron chi connectivity index (χ1n) is 18.0. The zero-order chi connectivity index (χ0) is 33.6. The maximum Gasteiger partial charge on any atom is 0.517 e. The van der Waals surface area contributed by atoms with E-state index >= 15 is 0 Å². The van der Waals surface area contributed by atoms with Crippen LogP contribution in [0.1, 0.15) is 117 Å². The fourth-order valence-corrected chi connectivity index (χ4v) is 8.41. The molecule has 0 aliphatic carbocycles. The van der Waals surface area contributed by atoms with E-state index in [1.807, 2.05) is 72.8 Å². The molecule has 0 heterocycles. The van der Waals surface area contributed by atoms with Crippen molar-refractivity contribution in [2.75, 3.05) is 19.8 Å². The van der Waals surface area contributed by atoms with E-state index in [9.17, 15) is 9.90 Å². The van der Waals surface area contributed by atoms with Crippen molar-refractivity contribution in [3.05, 3.63) is 72.8 Å². The molecule has 0 fully saturated rings. The van der Waals surface area contributed by atoms with Crippen LogP contribution in [0.4, 0.5) is 4.79 Å². The Morgan fingerprint density at radius 2 is 0.745 bits per heavy atom. The molecule has 0 aliphatic heterocycles. The molecule has 0 saturated heterocycles. The van der Waals surface area contributed by atoms with E-state index in [2.05, 4.69) is 20.8 Å². The van der Waals surface area contributed by atoms with Gasteiger partial charge in [0.05, 0.1) is 19.8 Å². The van der Waals surface area contributed by atoms with Gasteiger partial charge in [0, 0.05) is 14.7 Å². The second kappa shape index (κ2) is 22.3. The number of carboxylic acid groups (broad SMARTS) is 1. The van der Waals surface area contributed by atoms with Crippen LogP contribution in [0.15, 0.2) is 87.5 Å². The number of hydrogen-bond acceptors (Lipinski definition) is 5. The van der Waals surface area contributed by atoms with E-state index < -0.39 is 16.5 Å². The molecule has 0 aromatic heterocycles. The van der Waals surface area contributed by atoms with E-state index in [1.54, 1.807) is 0 Å². The molecule has 0 bridgehead atoms. The zero-order valence-electron chi connectivity index (χ0n) is 29.1. The molecule has 260 valence electrons. The third-order valence-electron chi connectivity index (χ3n) is 8.21. The Hall–Kier alpha value is -3.32. The van der Waals surface area contributed by atoms with Gasteiger partial charge >= 0.3 is 6.16 Å². The average molecular weight is 667 g/mol. The second-order valence-electron chi connectivity index (χ2n) is 12.1. The van der Waals surface area contributed by atoms with Crippen LogP contribution in [-0.2, 0) is 4.18 Å². The van der Waals surface area contributed by atoms with Crippen LogP contribution in [0.3, 0.4) is 0 Å². The van der Waals surface area contributed by atoms with Gasteiger partial charge in [-0.15, -0.1) is 0 Å². The average Bonchev–Trinajstić information content (AvgIpc) is 3.09. The van der Waals surface area contributed by atoms with Crippen LogP contribution >= 0.6 is 10.3 Å². The Labute approximate surface area is 285 Å². The lowest BCUT2D eigenvalue weighted by atomic mass is 10.2. The zero-order valence-corrected chi connectivity index (χ0v) is 29.9. The van der Waals surface area contributed by atoms with Gasteiger partial charge in [-0.2, -0.15) is 0 Å². The van der Waals surface area contributed by atoms with Crippen molar-refractivity contribution >= 4 is 16.5 Å². The molecule has 1 N–H and O–H groups in total. The van der Waals surface area contributed by atoms with Gasteiger partial charge in [0.15, 0.2) is 0 Å². The Morgan fingerprint density at radius 3 is 1.00 bits per heavy atom. The lowest BCUT2D eigenvalue weighted by Crippen LogP contribution is -2.12. The molecule has 3 aromatic carbocycles. The van der Waals surface area contributed by atoms with E-state index in [4.69, 9.17) is 18.4 Å². The van der Waals surface area contributed by atoms with E-state index in [0.29, 0.717) is 19.8 Å². The summed E-state index contributed by atoms with van der Waals surface area (Å²) in [6.45, 7) is 8.62. The fraction of sp³-hybridized carbons (Fsp3) is 0.525. The molecule has 0 saturated carbocycles. The second-order valence-corrected chi connectivity index (χ2v) is 14.8. The van der Waals surface area contributed by atoms with E-state index in [0.717, 1.165) is 70.5 Å². The number of ether oxygens (including phenoxy) is 3. The minimum absolute atomic E-state index is 0.660. The molecule has 0 spiro atoms. The van der Waals surface area contributed by atoms with E-state index in [-0.39, 0.29) is 0 Å². The van der Waals surface area contributed by atoms with Crippen molar-refractivity contribution in [3.8, 4) is 17.2 Å². The number of unbranched alkanes of at least 4 members (excludes halogenated alkanes) is 12. The quantitative estimate of drug-likeness (QED) is 0.0907. The SMILES string of the molecule is CCCCCCCOc1ccc(S(OC(=O)O)(c2ccc(OCCCCCCC)cc2)c2ccc(OCCCCCCC)cc2)cc1. The number of hydrogen-bond donors (Lipinski definition) is 1. The highest BCUT2D eigenvalue weighted by molar-refractivity contribution is 8.30. The first kappa shape index (κ1) is 38.1. The van der Waals surface area contributed by atoms with Crippen LogP contribution in [0.25, 0.3) is 0 Å². The fourth-order valence-electron chi connectivity index (χ4n) is 5.53. The summed E-state index contributed by atoms with van der Waals surface area (Å²) in [7, 11) is -2.65. The van der Waals surface area contributed by atoms with Gasteiger partial charge in [0.2, 0.25) is 0 Å². The van der Waals surface area contributed by atoms with Crippen molar-refractivity contribution in [3.63, 3.8) is 0 Å². The predicted molar refractivity (Wildman–Crippen MR) is 194 cm³/mol. The minimum Gasteiger partial charge on any atom is -0.494 e. The number of carbonyl (C=O) groups is 1. The molecule has 6 nitrogen and oxygen atoms in total. The molecule has 0 atom stereocenters. The third kappa shape index (κ3) is 13.0. The van der Waals surface area contributed by atoms with Gasteiger partial charge in [-0.1, -0.05) is 97.8 Å². The highest BCUT2D eigenvalue weighted by Gasteiger charge is 2.36. The van der Waals surface area contributed by atoms with Gasteiger partial charge in [0.25, 0.3) is 0 Å². The van der Waals surface area contributed by atoms with Gasteiger partial charge in [0.1, 0.15) is 17.2 Å². The normalized spacial score (nSPS) is 11.6. The molecular formula is C40H58O6S.